The van der Waals surface area contributed by atoms with Crippen LogP contribution in [0.5, 0.6) is 0 Å². The predicted molar refractivity (Wildman–Crippen MR) is 153 cm³/mol. The van der Waals surface area contributed by atoms with E-state index in [1.165, 1.54) is 48.8 Å². The Bertz CT molecular complexity index is 1120. The molecule has 192 valence electrons. The van der Waals surface area contributed by atoms with Gasteiger partial charge in [0.2, 0.25) is 0 Å². The Kier molecular flexibility index (Phi) is 9.56. The number of anilines is 1. The fourth-order valence-electron chi connectivity index (χ4n) is 5.64. The van der Waals surface area contributed by atoms with Gasteiger partial charge in [0.05, 0.1) is 0 Å². The highest BCUT2D eigenvalue weighted by Crippen LogP contribution is 2.38. The normalized spacial score (nSPS) is 19.0. The SMILES string of the molecule is CCc1cc(Cl)cc(NC(=O)NCC(C2=CCC(c3ccc(CC)c(Cl)c3)C=C2)C2CCCCC2)c1. The monoisotopic (exact) mass is 524 g/mol. The maximum absolute atomic E-state index is 12.8. The van der Waals surface area contributed by atoms with E-state index in [9.17, 15) is 4.79 Å². The maximum Gasteiger partial charge on any atom is 0.319 e. The van der Waals surface area contributed by atoms with Crippen LogP contribution in [-0.4, -0.2) is 12.6 Å². The molecule has 2 aliphatic carbocycles. The molecule has 3 nitrogen and oxygen atoms in total. The zero-order valence-electron chi connectivity index (χ0n) is 21.5. The van der Waals surface area contributed by atoms with Gasteiger partial charge in [0.15, 0.2) is 0 Å². The molecule has 1 saturated carbocycles. The van der Waals surface area contributed by atoms with Gasteiger partial charge in [-0.25, -0.2) is 4.79 Å². The predicted octanol–water partition coefficient (Wildman–Crippen LogP) is 9.11. The van der Waals surface area contributed by atoms with Gasteiger partial charge < -0.3 is 10.6 Å². The van der Waals surface area contributed by atoms with Gasteiger partial charge in [-0.2, -0.15) is 0 Å². The molecule has 0 saturated heterocycles. The summed E-state index contributed by atoms with van der Waals surface area (Å²) in [5, 5.41) is 7.64. The number of hydrogen-bond acceptors (Lipinski definition) is 1. The second kappa shape index (κ2) is 12.8. The summed E-state index contributed by atoms with van der Waals surface area (Å²) in [5.74, 6) is 1.27. The van der Waals surface area contributed by atoms with Crippen LogP contribution in [0.1, 0.15) is 75.0 Å². The van der Waals surface area contributed by atoms with E-state index in [-0.39, 0.29) is 6.03 Å². The van der Waals surface area contributed by atoms with E-state index in [2.05, 4.69) is 60.9 Å². The van der Waals surface area contributed by atoms with E-state index in [1.807, 2.05) is 12.1 Å². The molecule has 0 spiro atoms. The van der Waals surface area contributed by atoms with Crippen LogP contribution in [0.15, 0.2) is 60.2 Å². The maximum atomic E-state index is 12.8. The highest BCUT2D eigenvalue weighted by Gasteiger charge is 2.27. The van der Waals surface area contributed by atoms with Crippen LogP contribution in [0.4, 0.5) is 10.5 Å². The van der Waals surface area contributed by atoms with Crippen molar-refractivity contribution in [2.45, 2.75) is 71.1 Å². The first-order valence-electron chi connectivity index (χ1n) is 13.5. The molecule has 1 fully saturated rings. The van der Waals surface area contributed by atoms with E-state index in [4.69, 9.17) is 23.2 Å². The van der Waals surface area contributed by atoms with Crippen molar-refractivity contribution < 1.29 is 4.79 Å². The van der Waals surface area contributed by atoms with Crippen LogP contribution in [0.2, 0.25) is 10.0 Å². The van der Waals surface area contributed by atoms with Gasteiger partial charge in [0, 0.05) is 34.1 Å². The summed E-state index contributed by atoms with van der Waals surface area (Å²) in [4.78, 5) is 12.8. The minimum Gasteiger partial charge on any atom is -0.337 e. The number of urea groups is 1. The summed E-state index contributed by atoms with van der Waals surface area (Å²) in [5.41, 5.74) is 5.66. The second-order valence-corrected chi connectivity index (χ2v) is 11.0. The molecule has 0 aliphatic heterocycles. The molecule has 2 aromatic carbocycles. The fraction of sp³-hybridized carbons (Fsp3) is 0.452. The molecule has 2 atom stereocenters. The van der Waals surface area contributed by atoms with Gasteiger partial charge in [-0.1, -0.05) is 86.7 Å². The average Bonchev–Trinajstić information content (AvgIpc) is 2.89. The minimum atomic E-state index is -0.177. The van der Waals surface area contributed by atoms with Crippen LogP contribution >= 0.6 is 23.2 Å². The summed E-state index contributed by atoms with van der Waals surface area (Å²) in [6, 6.07) is 12.0. The van der Waals surface area contributed by atoms with Crippen molar-refractivity contribution in [2.75, 3.05) is 11.9 Å². The third-order valence-electron chi connectivity index (χ3n) is 7.77. The molecule has 5 heteroatoms. The Hall–Kier alpha value is -2.23. The van der Waals surface area contributed by atoms with Crippen LogP contribution in [-0.2, 0) is 12.8 Å². The number of allylic oxidation sites excluding steroid dienone is 3. The van der Waals surface area contributed by atoms with Crippen LogP contribution in [0.3, 0.4) is 0 Å². The minimum absolute atomic E-state index is 0.177. The molecule has 4 rings (SSSR count). The zero-order chi connectivity index (χ0) is 25.5. The van der Waals surface area contributed by atoms with Crippen molar-refractivity contribution in [3.8, 4) is 0 Å². The van der Waals surface area contributed by atoms with Gasteiger partial charge in [0.25, 0.3) is 0 Å². The molecule has 36 heavy (non-hydrogen) atoms. The van der Waals surface area contributed by atoms with E-state index in [0.29, 0.717) is 29.3 Å². The smallest absolute Gasteiger partial charge is 0.319 e. The lowest BCUT2D eigenvalue weighted by atomic mass is 9.74. The average molecular weight is 526 g/mol. The Morgan fingerprint density at radius 1 is 1.03 bits per heavy atom. The van der Waals surface area contributed by atoms with Crippen LogP contribution in [0.25, 0.3) is 0 Å². The van der Waals surface area contributed by atoms with E-state index < -0.39 is 0 Å². The lowest BCUT2D eigenvalue weighted by Gasteiger charge is -2.33. The van der Waals surface area contributed by atoms with Gasteiger partial charge in [0.1, 0.15) is 0 Å². The first-order chi connectivity index (χ1) is 17.5. The molecular weight excluding hydrogens is 487 g/mol. The molecule has 2 aromatic rings. The Labute approximate surface area is 226 Å². The molecule has 2 unspecified atom stereocenters. The number of hydrogen-bond donors (Lipinski definition) is 2. The third-order valence-corrected chi connectivity index (χ3v) is 8.34. The zero-order valence-corrected chi connectivity index (χ0v) is 23.0. The number of carbonyl (C=O) groups is 1. The van der Waals surface area contributed by atoms with Crippen molar-refractivity contribution in [3.63, 3.8) is 0 Å². The van der Waals surface area contributed by atoms with E-state index in [0.717, 1.165) is 35.5 Å². The van der Waals surface area contributed by atoms with E-state index >= 15 is 0 Å². The number of benzene rings is 2. The van der Waals surface area contributed by atoms with Gasteiger partial charge >= 0.3 is 6.03 Å². The highest BCUT2D eigenvalue weighted by molar-refractivity contribution is 6.31. The largest absolute Gasteiger partial charge is 0.337 e. The topological polar surface area (TPSA) is 41.1 Å². The second-order valence-electron chi connectivity index (χ2n) is 10.2. The molecule has 0 radical (unpaired) electrons. The number of carbonyl (C=O) groups excluding carboxylic acids is 1. The fourth-order valence-corrected chi connectivity index (χ4v) is 6.22. The van der Waals surface area contributed by atoms with Crippen molar-refractivity contribution in [2.24, 2.45) is 11.8 Å². The highest BCUT2D eigenvalue weighted by atomic mass is 35.5. The molecular formula is C31H38Cl2N2O. The number of nitrogens with one attached hydrogen (secondary N) is 2. The summed E-state index contributed by atoms with van der Waals surface area (Å²) >= 11 is 12.7. The summed E-state index contributed by atoms with van der Waals surface area (Å²) in [7, 11) is 0. The molecule has 2 amide bonds. The Morgan fingerprint density at radius 2 is 1.83 bits per heavy atom. The lowest BCUT2D eigenvalue weighted by molar-refractivity contribution is 0.242. The number of amides is 2. The van der Waals surface area contributed by atoms with E-state index in [1.54, 1.807) is 6.07 Å². The molecule has 0 aromatic heterocycles. The van der Waals surface area contributed by atoms with Crippen molar-refractivity contribution >= 4 is 34.9 Å². The van der Waals surface area contributed by atoms with Crippen molar-refractivity contribution in [1.29, 1.82) is 0 Å². The van der Waals surface area contributed by atoms with Crippen molar-refractivity contribution in [1.82, 2.24) is 5.32 Å². The number of halogens is 2. The lowest BCUT2D eigenvalue weighted by Crippen LogP contribution is -2.37. The van der Waals surface area contributed by atoms with Crippen molar-refractivity contribution in [3.05, 3.63) is 86.9 Å². The summed E-state index contributed by atoms with van der Waals surface area (Å²) in [6.45, 7) is 4.85. The molecule has 2 aliphatic rings. The third kappa shape index (κ3) is 6.95. The summed E-state index contributed by atoms with van der Waals surface area (Å²) in [6.07, 6.45) is 16.1. The Morgan fingerprint density at radius 3 is 2.50 bits per heavy atom. The molecule has 0 bridgehead atoms. The van der Waals surface area contributed by atoms with Crippen LogP contribution < -0.4 is 10.6 Å². The first kappa shape index (κ1) is 26.8. The van der Waals surface area contributed by atoms with Crippen LogP contribution in [0, 0.1) is 11.8 Å². The number of rotatable bonds is 8. The van der Waals surface area contributed by atoms with Gasteiger partial charge in [-0.05, 0) is 84.6 Å². The Balaban J connectivity index is 1.42. The number of aryl methyl sites for hydroxylation is 2. The molecule has 0 heterocycles. The van der Waals surface area contributed by atoms with Gasteiger partial charge in [-0.3, -0.25) is 0 Å². The van der Waals surface area contributed by atoms with Gasteiger partial charge in [-0.15, -0.1) is 0 Å². The quantitative estimate of drug-likeness (QED) is 0.355. The standard InChI is InChI=1S/C31H38Cl2N2O/c1-3-21-16-27(32)19-28(17-21)35-31(36)34-20-29(24-8-6-5-7-9-24)25-13-11-23(12-14-25)26-15-10-22(4-2)30(33)18-26/h10-11,13-19,23-24,29H,3-9,12,20H2,1-2H3,(H2,34,35,36). The molecule has 2 N–H and O–H groups in total. The summed E-state index contributed by atoms with van der Waals surface area (Å²) < 4.78 is 0. The first-order valence-corrected chi connectivity index (χ1v) is 14.2.